The summed E-state index contributed by atoms with van der Waals surface area (Å²) < 4.78 is 0. The van der Waals surface area contributed by atoms with Crippen LogP contribution in [0, 0.1) is 0 Å². The van der Waals surface area contributed by atoms with E-state index in [0.29, 0.717) is 0 Å². The highest BCUT2D eigenvalue weighted by atomic mass is 14.8. The molecule has 0 aliphatic heterocycles. The second-order valence-electron chi connectivity index (χ2n) is 5.84. The molecule has 25 heavy (non-hydrogen) atoms. The van der Waals surface area contributed by atoms with Crippen molar-refractivity contribution in [2.24, 2.45) is 0 Å². The van der Waals surface area contributed by atoms with Crippen molar-refractivity contribution in [3.63, 3.8) is 0 Å². The van der Waals surface area contributed by atoms with Crippen molar-refractivity contribution in [2.45, 2.75) is 6.92 Å². The number of hydrogen-bond acceptors (Lipinski definition) is 1. The average Bonchev–Trinajstić information content (AvgIpc) is 2.70. The van der Waals surface area contributed by atoms with Gasteiger partial charge >= 0.3 is 0 Å². The van der Waals surface area contributed by atoms with Crippen LogP contribution in [-0.4, -0.2) is 6.54 Å². The number of nitrogens with one attached hydrogen (secondary N) is 1. The van der Waals surface area contributed by atoms with Gasteiger partial charge in [-0.3, -0.25) is 0 Å². The summed E-state index contributed by atoms with van der Waals surface area (Å²) in [5.41, 5.74) is 6.10. The minimum absolute atomic E-state index is 0.800. The fourth-order valence-corrected chi connectivity index (χ4v) is 2.76. The largest absolute Gasteiger partial charge is 0.382 e. The van der Waals surface area contributed by atoms with Gasteiger partial charge < -0.3 is 5.32 Å². The molecule has 1 N–H and O–H groups in total. The van der Waals surface area contributed by atoms with Gasteiger partial charge in [-0.1, -0.05) is 91.0 Å². The SMILES string of the molecule is C/C=C(\C=C/CNc1ccc(-c2ccccc2)cc1)c1ccccc1. The number of allylic oxidation sites excluding steroid dienone is 3. The molecule has 124 valence electrons. The highest BCUT2D eigenvalue weighted by Crippen LogP contribution is 2.21. The monoisotopic (exact) mass is 325 g/mol. The molecule has 1 nitrogen and oxygen atoms in total. The molecule has 3 aromatic rings. The van der Waals surface area contributed by atoms with E-state index in [1.165, 1.54) is 22.3 Å². The Labute approximate surface area is 150 Å². The summed E-state index contributed by atoms with van der Waals surface area (Å²) in [6.45, 7) is 2.87. The molecule has 0 amide bonds. The zero-order valence-corrected chi connectivity index (χ0v) is 14.5. The normalized spacial score (nSPS) is 11.6. The van der Waals surface area contributed by atoms with Gasteiger partial charge in [0, 0.05) is 12.2 Å². The molecule has 3 rings (SSSR count). The molecule has 0 spiro atoms. The predicted molar refractivity (Wildman–Crippen MR) is 110 cm³/mol. The third-order valence-corrected chi connectivity index (χ3v) is 4.13. The lowest BCUT2D eigenvalue weighted by Gasteiger charge is -2.06. The van der Waals surface area contributed by atoms with Gasteiger partial charge in [0.2, 0.25) is 0 Å². The standard InChI is InChI=1S/C24H23N/c1-2-20(21-10-5-3-6-11-21)14-9-19-25-24-17-15-23(16-18-24)22-12-7-4-8-13-22/h2-18,25H,19H2,1H3/b14-9-,20-2+. The van der Waals surface area contributed by atoms with Gasteiger partial charge in [0.05, 0.1) is 0 Å². The van der Waals surface area contributed by atoms with Crippen molar-refractivity contribution in [1.82, 2.24) is 0 Å². The summed E-state index contributed by atoms with van der Waals surface area (Å²) in [6, 6.07) is 29.5. The van der Waals surface area contributed by atoms with Crippen LogP contribution in [0.4, 0.5) is 5.69 Å². The maximum absolute atomic E-state index is 3.44. The lowest BCUT2D eigenvalue weighted by molar-refractivity contribution is 1.33. The molecule has 0 bridgehead atoms. The zero-order chi connectivity index (χ0) is 17.3. The maximum atomic E-state index is 3.44. The third-order valence-electron chi connectivity index (χ3n) is 4.13. The summed E-state index contributed by atoms with van der Waals surface area (Å²) in [7, 11) is 0. The molecule has 0 atom stereocenters. The first-order valence-electron chi connectivity index (χ1n) is 8.64. The molecular formula is C24H23N. The van der Waals surface area contributed by atoms with E-state index in [0.717, 1.165) is 12.2 Å². The van der Waals surface area contributed by atoms with Crippen LogP contribution in [0.5, 0.6) is 0 Å². The first kappa shape index (κ1) is 16.8. The minimum atomic E-state index is 0.800. The highest BCUT2D eigenvalue weighted by molar-refractivity contribution is 5.73. The summed E-state index contributed by atoms with van der Waals surface area (Å²) in [5, 5.41) is 3.44. The Balaban J connectivity index is 1.57. The molecule has 0 saturated carbocycles. The Morgan fingerprint density at radius 1 is 0.760 bits per heavy atom. The first-order chi connectivity index (χ1) is 12.4. The van der Waals surface area contributed by atoms with Crippen LogP contribution in [0.2, 0.25) is 0 Å². The molecule has 1 heteroatoms. The van der Waals surface area contributed by atoms with Crippen LogP contribution in [0.15, 0.2) is 103 Å². The smallest absolute Gasteiger partial charge is 0.0343 e. The Kier molecular flexibility index (Phi) is 5.84. The molecule has 0 heterocycles. The lowest BCUT2D eigenvalue weighted by atomic mass is 10.1. The van der Waals surface area contributed by atoms with Crippen LogP contribution in [0.25, 0.3) is 16.7 Å². The van der Waals surface area contributed by atoms with E-state index in [-0.39, 0.29) is 0 Å². The summed E-state index contributed by atoms with van der Waals surface area (Å²) in [6.07, 6.45) is 6.47. The van der Waals surface area contributed by atoms with Gasteiger partial charge in [0.15, 0.2) is 0 Å². The molecule has 3 aromatic carbocycles. The zero-order valence-electron chi connectivity index (χ0n) is 14.5. The van der Waals surface area contributed by atoms with E-state index >= 15 is 0 Å². The molecular weight excluding hydrogens is 302 g/mol. The second kappa shape index (κ2) is 8.70. The van der Waals surface area contributed by atoms with Gasteiger partial charge in [-0.25, -0.2) is 0 Å². The lowest BCUT2D eigenvalue weighted by Crippen LogP contribution is -1.97. The van der Waals surface area contributed by atoms with Gasteiger partial charge in [-0.05, 0) is 41.3 Å². The van der Waals surface area contributed by atoms with Gasteiger partial charge in [-0.2, -0.15) is 0 Å². The number of rotatable bonds is 6. The van der Waals surface area contributed by atoms with Gasteiger partial charge in [0.25, 0.3) is 0 Å². The predicted octanol–water partition coefficient (Wildman–Crippen LogP) is 6.43. The van der Waals surface area contributed by atoms with Crippen molar-refractivity contribution in [1.29, 1.82) is 0 Å². The van der Waals surface area contributed by atoms with E-state index in [1.54, 1.807) is 0 Å². The topological polar surface area (TPSA) is 12.0 Å². The summed E-state index contributed by atoms with van der Waals surface area (Å²) in [5.74, 6) is 0. The number of benzene rings is 3. The molecule has 0 aromatic heterocycles. The quantitative estimate of drug-likeness (QED) is 0.515. The van der Waals surface area contributed by atoms with Crippen molar-refractivity contribution in [2.75, 3.05) is 11.9 Å². The van der Waals surface area contributed by atoms with Crippen molar-refractivity contribution in [3.8, 4) is 11.1 Å². The molecule has 0 saturated heterocycles. The fraction of sp³-hybridized carbons (Fsp3) is 0.0833. The van der Waals surface area contributed by atoms with E-state index in [4.69, 9.17) is 0 Å². The Bertz CT molecular complexity index is 828. The van der Waals surface area contributed by atoms with E-state index < -0.39 is 0 Å². The number of hydrogen-bond donors (Lipinski definition) is 1. The Morgan fingerprint density at radius 2 is 1.36 bits per heavy atom. The maximum Gasteiger partial charge on any atom is 0.0343 e. The molecule has 0 aliphatic rings. The Morgan fingerprint density at radius 3 is 2.00 bits per heavy atom. The first-order valence-corrected chi connectivity index (χ1v) is 8.64. The molecule has 0 aliphatic carbocycles. The van der Waals surface area contributed by atoms with Crippen LogP contribution >= 0.6 is 0 Å². The van der Waals surface area contributed by atoms with Gasteiger partial charge in [0.1, 0.15) is 0 Å². The van der Waals surface area contributed by atoms with Crippen molar-refractivity contribution in [3.05, 3.63) is 109 Å². The molecule has 0 fully saturated rings. The van der Waals surface area contributed by atoms with E-state index in [2.05, 4.69) is 103 Å². The number of anilines is 1. The molecule has 0 unspecified atom stereocenters. The Hall–Kier alpha value is -3.06. The van der Waals surface area contributed by atoms with Crippen molar-refractivity contribution < 1.29 is 0 Å². The average molecular weight is 325 g/mol. The summed E-state index contributed by atoms with van der Waals surface area (Å²) in [4.78, 5) is 0. The van der Waals surface area contributed by atoms with Crippen molar-refractivity contribution >= 4 is 11.3 Å². The fourth-order valence-electron chi connectivity index (χ4n) is 2.76. The summed E-state index contributed by atoms with van der Waals surface area (Å²) >= 11 is 0. The van der Waals surface area contributed by atoms with Crippen LogP contribution in [0.1, 0.15) is 12.5 Å². The van der Waals surface area contributed by atoms with E-state index in [9.17, 15) is 0 Å². The van der Waals surface area contributed by atoms with Crippen LogP contribution < -0.4 is 5.32 Å². The minimum Gasteiger partial charge on any atom is -0.382 e. The molecule has 0 radical (unpaired) electrons. The highest BCUT2D eigenvalue weighted by Gasteiger charge is 1.97. The second-order valence-corrected chi connectivity index (χ2v) is 5.84. The van der Waals surface area contributed by atoms with Crippen LogP contribution in [0.3, 0.4) is 0 Å². The third kappa shape index (κ3) is 4.71. The van der Waals surface area contributed by atoms with E-state index in [1.807, 2.05) is 12.1 Å². The van der Waals surface area contributed by atoms with Crippen LogP contribution in [-0.2, 0) is 0 Å². The van der Waals surface area contributed by atoms with Gasteiger partial charge in [-0.15, -0.1) is 0 Å².